The van der Waals surface area contributed by atoms with E-state index >= 15 is 0 Å². The number of halogens is 1. The lowest BCUT2D eigenvalue weighted by molar-refractivity contribution is 0.0929. The molecular weight excluding hydrogens is 411 g/mol. The van der Waals surface area contributed by atoms with Crippen molar-refractivity contribution in [2.24, 2.45) is 5.92 Å². The van der Waals surface area contributed by atoms with Crippen LogP contribution >= 0.6 is 11.8 Å². The Hall–Kier alpha value is -3.37. The fourth-order valence-corrected chi connectivity index (χ4v) is 5.11. The van der Waals surface area contributed by atoms with Crippen LogP contribution in [0.3, 0.4) is 0 Å². The molecule has 2 fully saturated rings. The summed E-state index contributed by atoms with van der Waals surface area (Å²) >= 11 is 1.54. The molecule has 2 atom stereocenters. The largest absolute Gasteiger partial charge is 0.344 e. The Morgan fingerprint density at radius 1 is 1.19 bits per heavy atom. The molecule has 1 N–H and O–H groups in total. The van der Waals surface area contributed by atoms with Gasteiger partial charge in [-0.15, -0.1) is 0 Å². The van der Waals surface area contributed by atoms with Gasteiger partial charge in [0.2, 0.25) is 0 Å². The van der Waals surface area contributed by atoms with Crippen molar-refractivity contribution in [3.05, 3.63) is 78.4 Å². The number of carbonyl (C=O) groups is 1. The van der Waals surface area contributed by atoms with Crippen LogP contribution in [0.1, 0.15) is 16.8 Å². The molecule has 154 valence electrons. The molecule has 2 heterocycles. The molecule has 5 nitrogen and oxygen atoms in total. The average Bonchev–Trinajstić information content (AvgIpc) is 3.34. The van der Waals surface area contributed by atoms with Gasteiger partial charge in [0.1, 0.15) is 5.82 Å². The monoisotopic (exact) mass is 430 g/mol. The summed E-state index contributed by atoms with van der Waals surface area (Å²) in [6, 6.07) is 15.8. The zero-order chi connectivity index (χ0) is 21.4. The maximum absolute atomic E-state index is 13.2. The van der Waals surface area contributed by atoms with Gasteiger partial charge in [0, 0.05) is 45.8 Å². The van der Waals surface area contributed by atoms with Crippen molar-refractivity contribution in [3.63, 3.8) is 0 Å². The molecular formula is C24H19FN4OS. The minimum Gasteiger partial charge on any atom is -0.344 e. The third kappa shape index (κ3) is 3.87. The number of hydrogen-bond acceptors (Lipinski definition) is 5. The summed E-state index contributed by atoms with van der Waals surface area (Å²) in [7, 11) is 0. The normalized spacial score (nSPS) is 21.3. The van der Waals surface area contributed by atoms with E-state index in [0.717, 1.165) is 33.9 Å². The first-order valence-corrected chi connectivity index (χ1v) is 10.8. The second-order valence-corrected chi connectivity index (χ2v) is 9.11. The van der Waals surface area contributed by atoms with Crippen LogP contribution in [0.4, 0.5) is 4.39 Å². The van der Waals surface area contributed by atoms with Gasteiger partial charge < -0.3 is 10.2 Å². The molecule has 1 saturated carbocycles. The first kappa shape index (κ1) is 19.6. The van der Waals surface area contributed by atoms with Crippen LogP contribution in [0.2, 0.25) is 0 Å². The number of carbonyl (C=O) groups excluding carboxylic acids is 1. The zero-order valence-electron chi connectivity index (χ0n) is 16.6. The summed E-state index contributed by atoms with van der Waals surface area (Å²) in [6.07, 6.45) is 6.63. The molecule has 1 unspecified atom stereocenters. The van der Waals surface area contributed by atoms with Gasteiger partial charge in [-0.25, -0.2) is 4.39 Å². The van der Waals surface area contributed by atoms with Gasteiger partial charge in [0.15, 0.2) is 6.19 Å². The number of rotatable bonds is 5. The predicted octanol–water partition coefficient (Wildman–Crippen LogP) is 4.32. The molecule has 0 radical (unpaired) electrons. The van der Waals surface area contributed by atoms with Crippen LogP contribution in [0.5, 0.6) is 0 Å². The quantitative estimate of drug-likeness (QED) is 0.611. The minimum absolute atomic E-state index is 0.110. The number of nitrogens with zero attached hydrogens (tertiary/aromatic N) is 3. The first-order chi connectivity index (χ1) is 15.1. The van der Waals surface area contributed by atoms with E-state index in [1.165, 1.54) is 23.9 Å². The van der Waals surface area contributed by atoms with Gasteiger partial charge in [-0.2, -0.15) is 5.26 Å². The van der Waals surface area contributed by atoms with Crippen LogP contribution in [0.25, 0.3) is 11.1 Å². The summed E-state index contributed by atoms with van der Waals surface area (Å²) < 4.78 is 13.2. The maximum atomic E-state index is 13.2. The predicted molar refractivity (Wildman–Crippen MR) is 116 cm³/mol. The molecule has 2 aliphatic rings. The van der Waals surface area contributed by atoms with Gasteiger partial charge in [0.05, 0.1) is 12.1 Å². The Morgan fingerprint density at radius 2 is 1.97 bits per heavy atom. The fraction of sp³-hybridized carbons (Fsp3) is 0.208. The van der Waals surface area contributed by atoms with Gasteiger partial charge in [-0.05, 0) is 54.4 Å². The average molecular weight is 431 g/mol. The topological polar surface area (TPSA) is 69.0 Å². The number of benzene rings is 2. The van der Waals surface area contributed by atoms with E-state index in [4.69, 9.17) is 5.26 Å². The number of nitriles is 1. The molecule has 1 aliphatic heterocycles. The van der Waals surface area contributed by atoms with E-state index in [0.29, 0.717) is 18.0 Å². The SMILES string of the molecule is N#CN1CC2C[C@]2(NC(=O)c2ccc(-c3cnccc3Sc3ccc(F)cc3)cc2)C1. The number of aromatic nitrogens is 1. The number of piperidine rings is 1. The van der Waals surface area contributed by atoms with E-state index in [-0.39, 0.29) is 17.3 Å². The Balaban J connectivity index is 1.32. The van der Waals surface area contributed by atoms with Crippen LogP contribution < -0.4 is 5.32 Å². The summed E-state index contributed by atoms with van der Waals surface area (Å²) in [4.78, 5) is 20.6. The molecule has 1 aromatic heterocycles. The lowest BCUT2D eigenvalue weighted by atomic mass is 10.0. The fourth-order valence-electron chi connectivity index (χ4n) is 4.17. The number of amides is 1. The molecule has 2 aromatic carbocycles. The minimum atomic E-state index is -0.261. The van der Waals surface area contributed by atoms with E-state index < -0.39 is 0 Å². The lowest BCUT2D eigenvalue weighted by Crippen LogP contribution is -2.41. The van der Waals surface area contributed by atoms with Crippen molar-refractivity contribution in [1.82, 2.24) is 15.2 Å². The van der Waals surface area contributed by atoms with Gasteiger partial charge in [0.25, 0.3) is 5.91 Å². The Kier molecular flexibility index (Phi) is 4.87. The number of pyridine rings is 1. The summed E-state index contributed by atoms with van der Waals surface area (Å²) in [5.74, 6) is 0.000843. The maximum Gasteiger partial charge on any atom is 0.251 e. The summed E-state index contributed by atoms with van der Waals surface area (Å²) in [5, 5.41) is 12.2. The smallest absolute Gasteiger partial charge is 0.251 e. The first-order valence-electron chi connectivity index (χ1n) is 10.0. The van der Waals surface area contributed by atoms with E-state index in [2.05, 4.69) is 16.5 Å². The van der Waals surface area contributed by atoms with Crippen LogP contribution in [-0.4, -0.2) is 34.4 Å². The van der Waals surface area contributed by atoms with Crippen molar-refractivity contribution in [2.75, 3.05) is 13.1 Å². The molecule has 1 aliphatic carbocycles. The van der Waals surface area contributed by atoms with Crippen LogP contribution in [-0.2, 0) is 0 Å². The lowest BCUT2D eigenvalue weighted by Gasteiger charge is -2.17. The van der Waals surface area contributed by atoms with Gasteiger partial charge in [-0.3, -0.25) is 9.78 Å². The Labute approximate surface area is 183 Å². The highest BCUT2D eigenvalue weighted by molar-refractivity contribution is 7.99. The van der Waals surface area contributed by atoms with Crippen molar-refractivity contribution in [2.45, 2.75) is 21.8 Å². The highest BCUT2D eigenvalue weighted by Crippen LogP contribution is 2.49. The number of hydrogen-bond donors (Lipinski definition) is 1. The van der Waals surface area contributed by atoms with Gasteiger partial charge >= 0.3 is 0 Å². The third-order valence-electron chi connectivity index (χ3n) is 5.93. The standard InChI is InChI=1S/C24H19FN4OS/c25-19-5-7-20(8-6-19)31-22-9-10-27-12-21(22)16-1-3-17(4-2-16)23(30)28-24-11-18(24)13-29(14-24)15-26/h1-10,12,18H,11,13-14H2,(H,28,30)/t18?,24-/m0/s1. The van der Waals surface area contributed by atoms with E-state index in [1.807, 2.05) is 30.3 Å². The highest BCUT2D eigenvalue weighted by atomic mass is 32.2. The molecule has 0 bridgehead atoms. The van der Waals surface area contributed by atoms with Crippen molar-refractivity contribution in [3.8, 4) is 17.3 Å². The van der Waals surface area contributed by atoms with Crippen molar-refractivity contribution < 1.29 is 9.18 Å². The number of fused-ring (bicyclic) bond motifs is 1. The Morgan fingerprint density at radius 3 is 2.68 bits per heavy atom. The molecule has 3 aromatic rings. The second kappa shape index (κ2) is 7.71. The highest BCUT2D eigenvalue weighted by Gasteiger charge is 2.61. The Bertz CT molecular complexity index is 1180. The molecule has 5 rings (SSSR count). The third-order valence-corrected chi connectivity index (χ3v) is 7.01. The zero-order valence-corrected chi connectivity index (χ0v) is 17.4. The van der Waals surface area contributed by atoms with Crippen LogP contribution in [0, 0.1) is 23.2 Å². The van der Waals surface area contributed by atoms with Crippen LogP contribution in [0.15, 0.2) is 76.8 Å². The molecule has 7 heteroatoms. The van der Waals surface area contributed by atoms with E-state index in [9.17, 15) is 9.18 Å². The molecule has 1 amide bonds. The van der Waals surface area contributed by atoms with Crippen molar-refractivity contribution >= 4 is 17.7 Å². The molecule has 0 spiro atoms. The van der Waals surface area contributed by atoms with Gasteiger partial charge in [-0.1, -0.05) is 23.9 Å². The van der Waals surface area contributed by atoms with E-state index in [1.54, 1.807) is 29.4 Å². The summed E-state index contributed by atoms with van der Waals surface area (Å²) in [5.41, 5.74) is 2.25. The number of likely N-dealkylation sites (tertiary alicyclic amines) is 1. The summed E-state index contributed by atoms with van der Waals surface area (Å²) in [6.45, 7) is 1.32. The second-order valence-electron chi connectivity index (χ2n) is 8.00. The molecule has 1 saturated heterocycles. The van der Waals surface area contributed by atoms with Crippen molar-refractivity contribution in [1.29, 1.82) is 5.26 Å². The number of nitrogens with one attached hydrogen (secondary N) is 1. The molecule has 31 heavy (non-hydrogen) atoms.